The van der Waals surface area contributed by atoms with Gasteiger partial charge in [-0.2, -0.15) is 0 Å². The van der Waals surface area contributed by atoms with Crippen molar-refractivity contribution in [2.45, 2.75) is 25.8 Å². The first-order valence-corrected chi connectivity index (χ1v) is 4.71. The lowest BCUT2D eigenvalue weighted by Crippen LogP contribution is -2.42. The van der Waals surface area contributed by atoms with Gasteiger partial charge in [0, 0.05) is 12.4 Å². The van der Waals surface area contributed by atoms with Crippen LogP contribution in [0, 0.1) is 12.3 Å². The maximum absolute atomic E-state index is 11.6. The van der Waals surface area contributed by atoms with Crippen LogP contribution < -0.4 is 5.32 Å². The molecule has 1 aromatic rings. The highest BCUT2D eigenvalue weighted by atomic mass is 16.1. The van der Waals surface area contributed by atoms with E-state index in [1.165, 1.54) is 0 Å². The van der Waals surface area contributed by atoms with E-state index in [1.54, 1.807) is 32.3 Å². The lowest BCUT2D eigenvalue weighted by Gasteiger charge is -2.19. The molecule has 3 heteroatoms. The second-order valence-electron chi connectivity index (χ2n) is 3.86. The van der Waals surface area contributed by atoms with Crippen LogP contribution in [0.4, 0.5) is 0 Å². The fraction of sp³-hybridized carbons (Fsp3) is 0.333. The van der Waals surface area contributed by atoms with Gasteiger partial charge < -0.3 is 5.32 Å². The maximum atomic E-state index is 11.6. The minimum atomic E-state index is -0.598. The Balaban J connectivity index is 2.55. The van der Waals surface area contributed by atoms with Crippen LogP contribution in [-0.4, -0.2) is 16.4 Å². The van der Waals surface area contributed by atoms with Gasteiger partial charge in [0.15, 0.2) is 0 Å². The van der Waals surface area contributed by atoms with Gasteiger partial charge in [0.05, 0.1) is 12.0 Å². The van der Waals surface area contributed by atoms with E-state index in [2.05, 4.69) is 16.2 Å². The van der Waals surface area contributed by atoms with Gasteiger partial charge in [0.2, 0.25) is 5.91 Å². The van der Waals surface area contributed by atoms with Gasteiger partial charge in [0.25, 0.3) is 0 Å². The Bertz CT molecular complexity index is 376. The summed E-state index contributed by atoms with van der Waals surface area (Å²) in [6.07, 6.45) is 8.92. The van der Waals surface area contributed by atoms with E-state index in [4.69, 9.17) is 6.42 Å². The molecule has 0 radical (unpaired) electrons. The first-order valence-electron chi connectivity index (χ1n) is 4.71. The first-order chi connectivity index (χ1) is 7.03. The molecule has 0 bridgehead atoms. The third-order valence-corrected chi connectivity index (χ3v) is 1.90. The third-order valence-electron chi connectivity index (χ3n) is 1.90. The highest BCUT2D eigenvalue weighted by Gasteiger charge is 2.16. The van der Waals surface area contributed by atoms with Gasteiger partial charge in [-0.05, 0) is 25.5 Å². The summed E-state index contributed by atoms with van der Waals surface area (Å²) in [5.74, 6) is 2.42. The molecule has 0 aliphatic rings. The van der Waals surface area contributed by atoms with Crippen LogP contribution >= 0.6 is 0 Å². The highest BCUT2D eigenvalue weighted by molar-refractivity contribution is 5.79. The standard InChI is InChI=1S/C12H14N2O/c1-4-12(2,3)14-11(15)8-10-6-5-7-13-9-10/h1,5-7,9H,8H2,2-3H3,(H,14,15). The summed E-state index contributed by atoms with van der Waals surface area (Å²) < 4.78 is 0. The van der Waals surface area contributed by atoms with Crippen molar-refractivity contribution >= 4 is 5.91 Å². The van der Waals surface area contributed by atoms with Crippen molar-refractivity contribution in [3.05, 3.63) is 30.1 Å². The summed E-state index contributed by atoms with van der Waals surface area (Å²) in [6.45, 7) is 3.57. The average molecular weight is 202 g/mol. The molecule has 0 aliphatic heterocycles. The number of aromatic nitrogens is 1. The van der Waals surface area contributed by atoms with Crippen LogP contribution in [0.1, 0.15) is 19.4 Å². The number of hydrogen-bond acceptors (Lipinski definition) is 2. The summed E-state index contributed by atoms with van der Waals surface area (Å²) in [5.41, 5.74) is 0.280. The monoisotopic (exact) mass is 202 g/mol. The van der Waals surface area contributed by atoms with Crippen molar-refractivity contribution in [2.24, 2.45) is 0 Å². The Kier molecular flexibility index (Phi) is 3.46. The van der Waals surface area contributed by atoms with Crippen molar-refractivity contribution < 1.29 is 4.79 Å². The Labute approximate surface area is 89.9 Å². The van der Waals surface area contributed by atoms with E-state index in [1.807, 2.05) is 6.07 Å². The number of amides is 1. The van der Waals surface area contributed by atoms with Gasteiger partial charge in [-0.15, -0.1) is 6.42 Å². The minimum absolute atomic E-state index is 0.0917. The fourth-order valence-corrected chi connectivity index (χ4v) is 1.12. The Hall–Kier alpha value is -1.82. The zero-order chi connectivity index (χ0) is 11.3. The van der Waals surface area contributed by atoms with E-state index < -0.39 is 5.54 Å². The lowest BCUT2D eigenvalue weighted by atomic mass is 10.1. The summed E-state index contributed by atoms with van der Waals surface area (Å²) in [5, 5.41) is 2.75. The molecule has 1 amide bonds. The van der Waals surface area contributed by atoms with Crippen LogP contribution in [-0.2, 0) is 11.2 Å². The third kappa shape index (κ3) is 3.82. The maximum Gasteiger partial charge on any atom is 0.225 e. The molecule has 0 fully saturated rings. The largest absolute Gasteiger partial charge is 0.340 e. The molecule has 0 unspecified atom stereocenters. The molecule has 1 heterocycles. The Morgan fingerprint density at radius 3 is 2.93 bits per heavy atom. The van der Waals surface area contributed by atoms with Crippen molar-refractivity contribution in [2.75, 3.05) is 0 Å². The second-order valence-corrected chi connectivity index (χ2v) is 3.86. The molecule has 0 aliphatic carbocycles. The molecule has 0 saturated heterocycles. The minimum Gasteiger partial charge on any atom is -0.340 e. The number of carbonyl (C=O) groups is 1. The number of carbonyl (C=O) groups excluding carboxylic acids is 1. The molecule has 0 saturated carbocycles. The Morgan fingerprint density at radius 1 is 1.67 bits per heavy atom. The van der Waals surface area contributed by atoms with Crippen molar-refractivity contribution in [3.8, 4) is 12.3 Å². The van der Waals surface area contributed by atoms with E-state index in [9.17, 15) is 4.79 Å². The number of nitrogens with one attached hydrogen (secondary N) is 1. The van der Waals surface area contributed by atoms with Crippen molar-refractivity contribution in [1.82, 2.24) is 10.3 Å². The molecule has 1 aromatic heterocycles. The van der Waals surface area contributed by atoms with Crippen LogP contribution in [0.25, 0.3) is 0 Å². The van der Waals surface area contributed by atoms with Gasteiger partial charge in [-0.1, -0.05) is 12.0 Å². The predicted octanol–water partition coefficient (Wildman–Crippen LogP) is 1.15. The fourth-order valence-electron chi connectivity index (χ4n) is 1.12. The highest BCUT2D eigenvalue weighted by Crippen LogP contribution is 2.02. The van der Waals surface area contributed by atoms with E-state index >= 15 is 0 Å². The summed E-state index contributed by atoms with van der Waals surface area (Å²) in [4.78, 5) is 15.5. The smallest absolute Gasteiger partial charge is 0.225 e. The van der Waals surface area contributed by atoms with Crippen LogP contribution in [0.5, 0.6) is 0 Å². The molecule has 1 N–H and O–H groups in total. The average Bonchev–Trinajstić information content (AvgIpc) is 2.18. The molecule has 0 atom stereocenters. The predicted molar refractivity (Wildman–Crippen MR) is 59.0 cm³/mol. The molecule has 15 heavy (non-hydrogen) atoms. The summed E-state index contributed by atoms with van der Waals surface area (Å²) in [6, 6.07) is 3.66. The summed E-state index contributed by atoms with van der Waals surface area (Å²) in [7, 11) is 0. The van der Waals surface area contributed by atoms with Crippen LogP contribution in [0.3, 0.4) is 0 Å². The topological polar surface area (TPSA) is 42.0 Å². The Morgan fingerprint density at radius 2 is 2.40 bits per heavy atom. The lowest BCUT2D eigenvalue weighted by molar-refractivity contribution is -0.121. The molecule has 3 nitrogen and oxygen atoms in total. The molecule has 78 valence electrons. The van der Waals surface area contributed by atoms with Gasteiger partial charge in [-0.25, -0.2) is 0 Å². The SMILES string of the molecule is C#CC(C)(C)NC(=O)Cc1cccnc1. The number of hydrogen-bond donors (Lipinski definition) is 1. The van der Waals surface area contributed by atoms with Gasteiger partial charge in [-0.3, -0.25) is 9.78 Å². The van der Waals surface area contributed by atoms with Gasteiger partial charge in [0.1, 0.15) is 0 Å². The van der Waals surface area contributed by atoms with Crippen LogP contribution in [0.2, 0.25) is 0 Å². The van der Waals surface area contributed by atoms with E-state index in [-0.39, 0.29) is 5.91 Å². The van der Waals surface area contributed by atoms with Crippen LogP contribution in [0.15, 0.2) is 24.5 Å². The number of nitrogens with zero attached hydrogens (tertiary/aromatic N) is 1. The zero-order valence-electron chi connectivity index (χ0n) is 8.95. The van der Waals surface area contributed by atoms with E-state index in [0.29, 0.717) is 6.42 Å². The number of pyridine rings is 1. The van der Waals surface area contributed by atoms with Gasteiger partial charge >= 0.3 is 0 Å². The summed E-state index contributed by atoms with van der Waals surface area (Å²) >= 11 is 0. The molecular formula is C12H14N2O. The number of terminal acetylenes is 1. The molecule has 1 rings (SSSR count). The molecular weight excluding hydrogens is 188 g/mol. The quantitative estimate of drug-likeness (QED) is 0.747. The zero-order valence-corrected chi connectivity index (χ0v) is 8.95. The first kappa shape index (κ1) is 11.3. The van der Waals surface area contributed by atoms with E-state index in [0.717, 1.165) is 5.56 Å². The second kappa shape index (κ2) is 4.61. The van der Waals surface area contributed by atoms with Crippen molar-refractivity contribution in [3.63, 3.8) is 0 Å². The molecule has 0 aromatic carbocycles. The molecule has 0 spiro atoms. The normalized spacial score (nSPS) is 10.5. The number of rotatable bonds is 3. The van der Waals surface area contributed by atoms with Crippen molar-refractivity contribution in [1.29, 1.82) is 0 Å².